The van der Waals surface area contributed by atoms with Crippen molar-refractivity contribution < 1.29 is 52.5 Å². The van der Waals surface area contributed by atoms with Crippen LogP contribution in [0.2, 0.25) is 0 Å². The van der Waals surface area contributed by atoms with E-state index in [-0.39, 0.29) is 122 Å². The Morgan fingerprint density at radius 1 is 0.808 bits per heavy atom. The summed E-state index contributed by atoms with van der Waals surface area (Å²) in [6, 6.07) is 0. The molecule has 10 aliphatic heterocycles. The largest absolute Gasteiger partial charge is 0.392 e. The van der Waals surface area contributed by atoms with Crippen molar-refractivity contribution in [3.63, 3.8) is 0 Å². The number of methoxy groups -OCH3 is 1. The molecule has 0 aromatic heterocycles. The van der Waals surface area contributed by atoms with Crippen molar-refractivity contribution >= 4 is 5.78 Å². The van der Waals surface area contributed by atoms with Crippen LogP contribution >= 0.6 is 0 Å². The van der Waals surface area contributed by atoms with Crippen molar-refractivity contribution in [1.29, 1.82) is 0 Å². The van der Waals surface area contributed by atoms with E-state index in [0.717, 1.165) is 56.1 Å². The van der Waals surface area contributed by atoms with Gasteiger partial charge in [0.05, 0.1) is 67.1 Å². The SMILES string of the molecule is C=C1CC2CC[C@@]34CC5OC6C(OC7CCC(CC(=O)CC8C(CC9OC(CCC1O2)CC(C)C9=C)OC(CC(O)CN)C8OC)OC7C6O3)C5O4. The minimum atomic E-state index is -0.780. The minimum absolute atomic E-state index is 0.0158. The molecule has 10 aliphatic rings. The van der Waals surface area contributed by atoms with E-state index in [1.54, 1.807) is 7.11 Å². The highest BCUT2D eigenvalue weighted by Crippen LogP contribution is 2.54. The first-order valence-corrected chi connectivity index (χ1v) is 20.2. The number of hydrogen-bond donors (Lipinski definition) is 2. The molecule has 10 heterocycles. The maximum Gasteiger partial charge on any atom is 0.172 e. The Balaban J connectivity index is 0.994. The van der Waals surface area contributed by atoms with Gasteiger partial charge in [0.15, 0.2) is 5.79 Å². The van der Waals surface area contributed by atoms with Crippen molar-refractivity contribution in [3.8, 4) is 0 Å². The second kappa shape index (κ2) is 14.3. The molecule has 10 fully saturated rings. The van der Waals surface area contributed by atoms with Crippen molar-refractivity contribution in [2.75, 3.05) is 13.7 Å². The summed E-state index contributed by atoms with van der Waals surface area (Å²) in [5, 5.41) is 10.5. The standard InChI is InChI=1S/C40H59NO11/c1-19-11-24-5-7-28-20(2)12-26(45-28)9-10-40-17-33-36(51-40)37-38(50-33)39(52-40)35-29(49-37)8-6-25(47-35)13-22(42)14-27-31(16-30(46-24)21(19)3)48-32(34(27)44-4)15-23(43)18-41/h19,23-39,43H,2-3,5-18,41H2,1,4H3/t19?,23?,24?,25?,26?,27?,28?,29?,30?,31?,32?,33?,34?,35?,36?,37?,38?,39?,40-/m0/s1. The third kappa shape index (κ3) is 6.59. The number of fused-ring (bicyclic) bond motifs is 6. The molecule has 290 valence electrons. The van der Waals surface area contributed by atoms with E-state index >= 15 is 0 Å². The quantitative estimate of drug-likeness (QED) is 0.409. The number of aliphatic hydroxyl groups excluding tert-OH is 1. The fourth-order valence-electron chi connectivity index (χ4n) is 11.3. The summed E-state index contributed by atoms with van der Waals surface area (Å²) >= 11 is 0. The van der Waals surface area contributed by atoms with Gasteiger partial charge in [-0.05, 0) is 62.0 Å². The van der Waals surface area contributed by atoms with Gasteiger partial charge in [-0.1, -0.05) is 20.1 Å². The number of hydrogen-bond acceptors (Lipinski definition) is 12. The molecule has 12 bridgehead atoms. The summed E-state index contributed by atoms with van der Waals surface area (Å²) in [4.78, 5) is 14.1. The molecular weight excluding hydrogens is 670 g/mol. The van der Waals surface area contributed by atoms with Crippen LogP contribution in [0.3, 0.4) is 0 Å². The molecule has 0 aliphatic carbocycles. The molecule has 0 radical (unpaired) electrons. The zero-order valence-corrected chi connectivity index (χ0v) is 30.8. The molecule has 3 N–H and O–H groups in total. The van der Waals surface area contributed by atoms with Gasteiger partial charge in [-0.15, -0.1) is 0 Å². The van der Waals surface area contributed by atoms with Gasteiger partial charge in [-0.2, -0.15) is 0 Å². The second-order valence-corrected chi connectivity index (χ2v) is 17.4. The lowest BCUT2D eigenvalue weighted by atomic mass is 9.81. The summed E-state index contributed by atoms with van der Waals surface area (Å²) in [5.74, 6) is -0.619. The predicted octanol–water partition coefficient (Wildman–Crippen LogP) is 3.44. The van der Waals surface area contributed by atoms with Crippen molar-refractivity contribution in [3.05, 3.63) is 24.3 Å². The van der Waals surface area contributed by atoms with Crippen LogP contribution in [0.15, 0.2) is 24.3 Å². The lowest BCUT2D eigenvalue weighted by Crippen LogP contribution is -2.61. The maximum absolute atomic E-state index is 14.1. The van der Waals surface area contributed by atoms with E-state index in [0.29, 0.717) is 25.7 Å². The molecule has 0 aromatic rings. The summed E-state index contributed by atoms with van der Waals surface area (Å²) in [6.07, 6.45) is 4.85. The summed E-state index contributed by atoms with van der Waals surface area (Å²) in [6.45, 7) is 11.3. The molecule has 0 saturated carbocycles. The lowest BCUT2D eigenvalue weighted by molar-refractivity contribution is -0.292. The van der Waals surface area contributed by atoms with Crippen molar-refractivity contribution in [2.24, 2.45) is 17.6 Å². The molecule has 1 spiro atoms. The molecule has 10 rings (SSSR count). The zero-order valence-electron chi connectivity index (χ0n) is 30.8. The van der Waals surface area contributed by atoms with Gasteiger partial charge in [-0.3, -0.25) is 4.79 Å². The van der Waals surface area contributed by atoms with Gasteiger partial charge < -0.3 is 53.5 Å². The van der Waals surface area contributed by atoms with Crippen LogP contribution in [0.4, 0.5) is 0 Å². The van der Waals surface area contributed by atoms with Crippen LogP contribution in [-0.4, -0.2) is 128 Å². The Kier molecular flexibility index (Phi) is 10.0. The average molecular weight is 730 g/mol. The summed E-state index contributed by atoms with van der Waals surface area (Å²) < 4.78 is 60.0. The van der Waals surface area contributed by atoms with Crippen molar-refractivity contribution in [1.82, 2.24) is 0 Å². The first-order chi connectivity index (χ1) is 25.1. The Morgan fingerprint density at radius 3 is 2.38 bits per heavy atom. The van der Waals surface area contributed by atoms with E-state index in [2.05, 4.69) is 20.1 Å². The molecule has 12 heteroatoms. The second-order valence-electron chi connectivity index (χ2n) is 17.4. The predicted molar refractivity (Wildman–Crippen MR) is 186 cm³/mol. The number of nitrogens with two attached hydrogens (primary N) is 1. The Labute approximate surface area is 307 Å². The first-order valence-electron chi connectivity index (χ1n) is 20.2. The highest BCUT2D eigenvalue weighted by molar-refractivity contribution is 5.79. The first kappa shape index (κ1) is 36.4. The molecule has 19 atom stereocenters. The Morgan fingerprint density at radius 2 is 1.56 bits per heavy atom. The van der Waals surface area contributed by atoms with Crippen molar-refractivity contribution in [2.45, 2.75) is 194 Å². The van der Waals surface area contributed by atoms with Gasteiger partial charge >= 0.3 is 0 Å². The van der Waals surface area contributed by atoms with Crippen LogP contribution in [0.1, 0.15) is 90.4 Å². The zero-order chi connectivity index (χ0) is 35.9. The van der Waals surface area contributed by atoms with Crippen LogP contribution in [0, 0.1) is 11.8 Å². The minimum Gasteiger partial charge on any atom is -0.392 e. The highest BCUT2D eigenvalue weighted by atomic mass is 16.8. The van der Waals surface area contributed by atoms with E-state index < -0.39 is 18.0 Å². The maximum atomic E-state index is 14.1. The Hall–Kier alpha value is -1.29. The number of ketones is 1. The molecule has 52 heavy (non-hydrogen) atoms. The number of carbonyl (C=O) groups excluding carboxylic acids is 1. The normalized spacial score (nSPS) is 52.4. The van der Waals surface area contributed by atoms with Gasteiger partial charge in [0.25, 0.3) is 0 Å². The fourth-order valence-corrected chi connectivity index (χ4v) is 11.3. The van der Waals surface area contributed by atoms with Crippen LogP contribution in [0.25, 0.3) is 0 Å². The van der Waals surface area contributed by atoms with Gasteiger partial charge in [0, 0.05) is 58.1 Å². The third-order valence-electron chi connectivity index (χ3n) is 14.0. The number of carbonyl (C=O) groups is 1. The topological polar surface area (TPSA) is 146 Å². The number of ether oxygens (including phenoxy) is 9. The fraction of sp³-hybridized carbons (Fsp3) is 0.875. The number of Topliss-reactive ketones (excluding diaryl/α,β-unsaturated/α-hetero) is 1. The molecule has 12 nitrogen and oxygen atoms in total. The van der Waals surface area contributed by atoms with Gasteiger partial charge in [0.1, 0.15) is 36.3 Å². The molecule has 0 amide bonds. The number of rotatable bonds is 4. The smallest absolute Gasteiger partial charge is 0.172 e. The molecular formula is C40H59NO11. The average Bonchev–Trinajstić information content (AvgIpc) is 3.79. The lowest BCUT2D eigenvalue weighted by Gasteiger charge is -2.47. The Bertz CT molecular complexity index is 1380. The van der Waals surface area contributed by atoms with E-state index in [1.807, 2.05) is 0 Å². The third-order valence-corrected chi connectivity index (χ3v) is 14.0. The van der Waals surface area contributed by atoms with Crippen LogP contribution in [0.5, 0.6) is 0 Å². The highest BCUT2D eigenvalue weighted by Gasteiger charge is 2.68. The summed E-state index contributed by atoms with van der Waals surface area (Å²) in [5.41, 5.74) is 8.01. The van der Waals surface area contributed by atoms with E-state index in [9.17, 15) is 9.90 Å². The molecule has 10 saturated heterocycles. The monoisotopic (exact) mass is 729 g/mol. The van der Waals surface area contributed by atoms with E-state index in [4.69, 9.17) is 48.4 Å². The molecule has 18 unspecified atom stereocenters. The number of aliphatic hydroxyl groups is 1. The van der Waals surface area contributed by atoms with E-state index in [1.165, 1.54) is 0 Å². The van der Waals surface area contributed by atoms with Gasteiger partial charge in [-0.25, -0.2) is 0 Å². The molecule has 0 aromatic carbocycles. The summed E-state index contributed by atoms with van der Waals surface area (Å²) in [7, 11) is 1.66. The van der Waals surface area contributed by atoms with Gasteiger partial charge in [0.2, 0.25) is 0 Å². The van der Waals surface area contributed by atoms with Crippen LogP contribution < -0.4 is 5.73 Å². The van der Waals surface area contributed by atoms with Crippen LogP contribution in [-0.2, 0) is 47.4 Å².